The fourth-order valence-electron chi connectivity index (χ4n) is 3.47. The lowest BCUT2D eigenvalue weighted by atomic mass is 10.1. The van der Waals surface area contributed by atoms with E-state index < -0.39 is 9.84 Å². The summed E-state index contributed by atoms with van der Waals surface area (Å²) in [6, 6.07) is 10.3. The van der Waals surface area contributed by atoms with Gasteiger partial charge >= 0.3 is 0 Å². The van der Waals surface area contributed by atoms with Gasteiger partial charge in [0.1, 0.15) is 5.82 Å². The maximum absolute atomic E-state index is 13.4. The Kier molecular flexibility index (Phi) is 6.56. The minimum Gasteiger partial charge on any atom is -0.379 e. The Morgan fingerprint density at radius 3 is 2.64 bits per heavy atom. The zero-order chi connectivity index (χ0) is 23.8. The van der Waals surface area contributed by atoms with Crippen molar-refractivity contribution >= 4 is 43.8 Å². The number of rotatable bonds is 8. The molecule has 0 saturated carbocycles. The van der Waals surface area contributed by atoms with Gasteiger partial charge in [0.2, 0.25) is 14.9 Å². The molecule has 33 heavy (non-hydrogen) atoms. The summed E-state index contributed by atoms with van der Waals surface area (Å²) >= 11 is 6.23. The van der Waals surface area contributed by atoms with Gasteiger partial charge < -0.3 is 10.1 Å². The molecule has 0 amide bonds. The van der Waals surface area contributed by atoms with E-state index in [1.54, 1.807) is 36.4 Å². The number of aryl methyl sites for hydroxylation is 2. The van der Waals surface area contributed by atoms with E-state index in [-0.39, 0.29) is 21.7 Å². The Labute approximate surface area is 197 Å². The molecule has 0 aliphatic carbocycles. The molecule has 0 fully saturated rings. The highest BCUT2D eigenvalue weighted by molar-refractivity contribution is 7.91. The maximum Gasteiger partial charge on any atom is 0.229 e. The lowest BCUT2D eigenvalue weighted by Crippen LogP contribution is -2.11. The van der Waals surface area contributed by atoms with E-state index in [0.717, 1.165) is 22.9 Å². The Bertz CT molecular complexity index is 1430. The average molecular weight is 488 g/mol. The zero-order valence-corrected chi connectivity index (χ0v) is 20.5. The summed E-state index contributed by atoms with van der Waals surface area (Å²) in [6.45, 7) is 8.98. The van der Waals surface area contributed by atoms with Crippen LogP contribution in [0.25, 0.3) is 16.6 Å². The van der Waals surface area contributed by atoms with Crippen molar-refractivity contribution in [2.75, 3.05) is 18.5 Å². The Balaban J connectivity index is 1.80. The summed E-state index contributed by atoms with van der Waals surface area (Å²) in [5.74, 6) is 0.517. The number of sulfone groups is 1. The normalized spacial score (nSPS) is 12.2. The molecule has 174 valence electrons. The van der Waals surface area contributed by atoms with Crippen molar-refractivity contribution in [3.05, 3.63) is 52.5 Å². The number of fused-ring (bicyclic) bond motifs is 3. The van der Waals surface area contributed by atoms with Crippen molar-refractivity contribution in [3.63, 3.8) is 0 Å². The van der Waals surface area contributed by atoms with Crippen LogP contribution in [0.4, 0.5) is 5.82 Å². The molecule has 2 heterocycles. The number of hydrogen-bond donors (Lipinski definition) is 1. The maximum atomic E-state index is 13.4. The number of benzene rings is 2. The molecule has 4 rings (SSSR count). The van der Waals surface area contributed by atoms with Crippen molar-refractivity contribution in [2.24, 2.45) is 0 Å². The second-order valence-corrected chi connectivity index (χ2v) is 10.5. The van der Waals surface area contributed by atoms with E-state index in [9.17, 15) is 8.42 Å². The Morgan fingerprint density at radius 2 is 1.91 bits per heavy atom. The Hall–Kier alpha value is -2.75. The van der Waals surface area contributed by atoms with Gasteiger partial charge in [-0.15, -0.1) is 5.10 Å². The van der Waals surface area contributed by atoms with Crippen LogP contribution >= 0.6 is 11.6 Å². The van der Waals surface area contributed by atoms with Gasteiger partial charge in [-0.05, 0) is 75.6 Å². The summed E-state index contributed by atoms with van der Waals surface area (Å²) in [6.07, 6.45) is 0.924. The first kappa shape index (κ1) is 23.4. The largest absolute Gasteiger partial charge is 0.379 e. The fourth-order valence-corrected chi connectivity index (χ4v) is 4.96. The molecule has 0 unspecified atom stereocenters. The molecule has 10 heteroatoms. The Morgan fingerprint density at radius 1 is 1.12 bits per heavy atom. The third kappa shape index (κ3) is 4.66. The molecule has 1 N–H and O–H groups in total. The van der Waals surface area contributed by atoms with Crippen LogP contribution in [0.1, 0.15) is 31.4 Å². The molecule has 4 aromatic rings. The molecular formula is C23H26ClN5O3S. The molecule has 0 bridgehead atoms. The molecule has 0 aliphatic heterocycles. The minimum atomic E-state index is -3.92. The summed E-state index contributed by atoms with van der Waals surface area (Å²) in [4.78, 5) is 4.78. The van der Waals surface area contributed by atoms with Gasteiger partial charge in [-0.1, -0.05) is 22.9 Å². The third-order valence-corrected chi connectivity index (χ3v) is 7.27. The van der Waals surface area contributed by atoms with Crippen LogP contribution in [0.15, 0.2) is 46.3 Å². The highest BCUT2D eigenvalue weighted by atomic mass is 35.5. The summed E-state index contributed by atoms with van der Waals surface area (Å²) < 4.78 is 33.9. The molecule has 0 radical (unpaired) electrons. The minimum absolute atomic E-state index is 0.156. The number of nitrogens with one attached hydrogen (secondary N) is 1. The van der Waals surface area contributed by atoms with Crippen molar-refractivity contribution < 1.29 is 13.2 Å². The average Bonchev–Trinajstić information content (AvgIpc) is 3.19. The van der Waals surface area contributed by atoms with Gasteiger partial charge in [0.25, 0.3) is 0 Å². The van der Waals surface area contributed by atoms with Crippen molar-refractivity contribution in [1.82, 2.24) is 19.8 Å². The highest BCUT2D eigenvalue weighted by Gasteiger charge is 2.27. The van der Waals surface area contributed by atoms with Gasteiger partial charge in [-0.25, -0.2) is 13.4 Å². The molecule has 2 aromatic heterocycles. The van der Waals surface area contributed by atoms with E-state index in [4.69, 9.17) is 16.3 Å². The van der Waals surface area contributed by atoms with Gasteiger partial charge in [0, 0.05) is 23.6 Å². The topological polar surface area (TPSA) is 98.5 Å². The van der Waals surface area contributed by atoms with E-state index in [0.29, 0.717) is 29.5 Å². The van der Waals surface area contributed by atoms with Gasteiger partial charge in [-0.2, -0.15) is 4.52 Å². The molecule has 0 spiro atoms. The molecule has 2 aromatic carbocycles. The molecule has 0 atom stereocenters. The van der Waals surface area contributed by atoms with Crippen LogP contribution in [-0.4, -0.2) is 47.5 Å². The number of nitrogens with zero attached hydrogens (tertiary/aromatic N) is 4. The fraction of sp³-hybridized carbons (Fsp3) is 0.348. The summed E-state index contributed by atoms with van der Waals surface area (Å²) in [5, 5.41) is 12.5. The standard InChI is InChI=1S/C23H26ClN5O3S/c1-14(2)32-11-5-10-25-21-19-13-17(24)7-9-20(19)29-22(26-21)23(27-28-29)33(30,31)18-8-6-15(3)16(4)12-18/h6-9,12-14H,5,10-11H2,1-4H3,(H,25,26). The number of aromatic nitrogens is 4. The van der Waals surface area contributed by atoms with E-state index >= 15 is 0 Å². The van der Waals surface area contributed by atoms with E-state index in [1.807, 2.05) is 27.7 Å². The first-order valence-electron chi connectivity index (χ1n) is 10.7. The lowest BCUT2D eigenvalue weighted by Gasteiger charge is -2.12. The highest BCUT2D eigenvalue weighted by Crippen LogP contribution is 2.30. The van der Waals surface area contributed by atoms with Crippen LogP contribution in [0.3, 0.4) is 0 Å². The third-order valence-electron chi connectivity index (χ3n) is 5.38. The van der Waals surface area contributed by atoms with E-state index in [1.165, 1.54) is 4.52 Å². The van der Waals surface area contributed by atoms with E-state index in [2.05, 4.69) is 20.6 Å². The first-order chi connectivity index (χ1) is 15.7. The van der Waals surface area contributed by atoms with Gasteiger partial charge in [-0.3, -0.25) is 0 Å². The monoisotopic (exact) mass is 487 g/mol. The van der Waals surface area contributed by atoms with Gasteiger partial charge in [0.05, 0.1) is 16.5 Å². The second-order valence-electron chi connectivity index (χ2n) is 8.20. The molecule has 8 nitrogen and oxygen atoms in total. The van der Waals surface area contributed by atoms with Crippen LogP contribution in [0, 0.1) is 13.8 Å². The number of anilines is 1. The quantitative estimate of drug-likeness (QED) is 0.362. The zero-order valence-electron chi connectivity index (χ0n) is 19.0. The van der Waals surface area contributed by atoms with Crippen LogP contribution < -0.4 is 5.32 Å². The predicted molar refractivity (Wildman–Crippen MR) is 129 cm³/mol. The smallest absolute Gasteiger partial charge is 0.229 e. The molecule has 0 aliphatic rings. The number of halogens is 1. The molecule has 0 saturated heterocycles. The summed E-state index contributed by atoms with van der Waals surface area (Å²) in [7, 11) is -3.92. The predicted octanol–water partition coefficient (Wildman–Crippen LogP) is 4.61. The summed E-state index contributed by atoms with van der Waals surface area (Å²) in [5.41, 5.74) is 2.70. The number of hydrogen-bond acceptors (Lipinski definition) is 7. The van der Waals surface area contributed by atoms with Crippen molar-refractivity contribution in [1.29, 1.82) is 0 Å². The van der Waals surface area contributed by atoms with Crippen LogP contribution in [0.2, 0.25) is 5.02 Å². The van der Waals surface area contributed by atoms with Crippen molar-refractivity contribution in [2.45, 2.75) is 50.1 Å². The van der Waals surface area contributed by atoms with Crippen molar-refractivity contribution in [3.8, 4) is 0 Å². The SMILES string of the molecule is Cc1ccc(S(=O)(=O)c2nnn3c2nc(NCCCOC(C)C)c2cc(Cl)ccc23)cc1C. The second kappa shape index (κ2) is 9.24. The van der Waals surface area contributed by atoms with Gasteiger partial charge in [0.15, 0.2) is 5.65 Å². The van der Waals surface area contributed by atoms with Crippen LogP contribution in [-0.2, 0) is 14.6 Å². The number of ether oxygens (including phenoxy) is 1. The van der Waals surface area contributed by atoms with Crippen LogP contribution in [0.5, 0.6) is 0 Å². The molecular weight excluding hydrogens is 462 g/mol. The first-order valence-corrected chi connectivity index (χ1v) is 12.6. The lowest BCUT2D eigenvalue weighted by molar-refractivity contribution is 0.0787.